The van der Waals surface area contributed by atoms with Gasteiger partial charge in [-0.3, -0.25) is 4.79 Å². The molecule has 0 radical (unpaired) electrons. The number of nitrogens with one attached hydrogen (secondary N) is 1. The Hall–Kier alpha value is -1.74. The van der Waals surface area contributed by atoms with Crippen molar-refractivity contribution in [2.75, 3.05) is 0 Å². The maximum atomic E-state index is 12.8. The van der Waals surface area contributed by atoms with E-state index in [1.54, 1.807) is 11.8 Å². The van der Waals surface area contributed by atoms with Crippen LogP contribution in [-0.4, -0.2) is 11.9 Å². The Bertz CT molecular complexity index is 663. The van der Waals surface area contributed by atoms with Gasteiger partial charge in [0.2, 0.25) is 0 Å². The highest BCUT2D eigenvalue weighted by atomic mass is 32.2. The monoisotopic (exact) mass is 353 g/mol. The second-order valence-corrected chi connectivity index (χ2v) is 7.80. The Morgan fingerprint density at radius 1 is 0.880 bits per heavy atom. The van der Waals surface area contributed by atoms with Crippen LogP contribution in [0.15, 0.2) is 59.5 Å². The Morgan fingerprint density at radius 3 is 2.28 bits per heavy atom. The molecule has 0 aliphatic heterocycles. The van der Waals surface area contributed by atoms with Crippen LogP contribution in [0.5, 0.6) is 0 Å². The first-order valence-electron chi connectivity index (χ1n) is 9.39. The van der Waals surface area contributed by atoms with E-state index in [9.17, 15) is 4.79 Å². The number of thioether (sulfide) groups is 1. The summed E-state index contributed by atoms with van der Waals surface area (Å²) in [5.41, 5.74) is 2.09. The minimum Gasteiger partial charge on any atom is -0.349 e. The summed E-state index contributed by atoms with van der Waals surface area (Å²) in [6.45, 7) is 0. The van der Waals surface area contributed by atoms with Crippen LogP contribution in [-0.2, 0) is 5.75 Å². The lowest BCUT2D eigenvalue weighted by Crippen LogP contribution is -2.35. The molecule has 1 aliphatic rings. The zero-order chi connectivity index (χ0) is 17.3. The third kappa shape index (κ3) is 5.64. The van der Waals surface area contributed by atoms with Crippen molar-refractivity contribution in [3.63, 3.8) is 0 Å². The molecule has 3 rings (SSSR count). The van der Waals surface area contributed by atoms with Crippen LogP contribution >= 0.6 is 11.8 Å². The molecule has 0 heterocycles. The van der Waals surface area contributed by atoms with E-state index in [-0.39, 0.29) is 5.91 Å². The first-order chi connectivity index (χ1) is 12.3. The second kappa shape index (κ2) is 9.67. The molecule has 3 heteroatoms. The van der Waals surface area contributed by atoms with Gasteiger partial charge in [-0.2, -0.15) is 0 Å². The minimum atomic E-state index is 0.0849. The van der Waals surface area contributed by atoms with Crippen LogP contribution in [0.25, 0.3) is 0 Å². The third-order valence-electron chi connectivity index (χ3n) is 4.81. The van der Waals surface area contributed by atoms with E-state index in [2.05, 4.69) is 35.6 Å². The standard InChI is InChI=1S/C22H27NOS/c24-22(23-19-13-7-2-1-3-8-14-19)20-15-9-10-16-21(20)25-17-18-11-5-4-6-12-18/h4-6,9-12,15-16,19H,1-3,7-8,13-14,17H2,(H,23,24). The highest BCUT2D eigenvalue weighted by Gasteiger charge is 2.17. The normalized spacial score (nSPS) is 16.0. The predicted octanol–water partition coefficient (Wildman–Crippen LogP) is 5.82. The minimum absolute atomic E-state index is 0.0849. The summed E-state index contributed by atoms with van der Waals surface area (Å²) in [5, 5.41) is 3.29. The van der Waals surface area contributed by atoms with Gasteiger partial charge >= 0.3 is 0 Å². The Labute approximate surface area is 155 Å². The number of carbonyl (C=O) groups excluding carboxylic acids is 1. The maximum absolute atomic E-state index is 12.8. The van der Waals surface area contributed by atoms with Gasteiger partial charge in [-0.1, -0.05) is 74.6 Å². The van der Waals surface area contributed by atoms with E-state index in [4.69, 9.17) is 0 Å². The molecule has 1 saturated carbocycles. The van der Waals surface area contributed by atoms with Crippen molar-refractivity contribution >= 4 is 17.7 Å². The Balaban J connectivity index is 1.63. The zero-order valence-corrected chi connectivity index (χ0v) is 15.6. The van der Waals surface area contributed by atoms with Crippen molar-refractivity contribution in [1.82, 2.24) is 5.32 Å². The van der Waals surface area contributed by atoms with Gasteiger partial charge in [0.05, 0.1) is 5.56 Å². The summed E-state index contributed by atoms with van der Waals surface area (Å²) in [5.74, 6) is 0.968. The topological polar surface area (TPSA) is 29.1 Å². The number of hydrogen-bond donors (Lipinski definition) is 1. The molecule has 25 heavy (non-hydrogen) atoms. The second-order valence-electron chi connectivity index (χ2n) is 6.79. The van der Waals surface area contributed by atoms with Crippen molar-refractivity contribution in [2.24, 2.45) is 0 Å². The maximum Gasteiger partial charge on any atom is 0.252 e. The molecule has 0 atom stereocenters. The van der Waals surface area contributed by atoms with Crippen LogP contribution in [0.1, 0.15) is 60.9 Å². The van der Waals surface area contributed by atoms with Gasteiger partial charge in [0.25, 0.3) is 5.91 Å². The van der Waals surface area contributed by atoms with E-state index in [0.29, 0.717) is 6.04 Å². The van der Waals surface area contributed by atoms with Gasteiger partial charge in [0, 0.05) is 16.7 Å². The largest absolute Gasteiger partial charge is 0.349 e. The summed E-state index contributed by atoms with van der Waals surface area (Å²) in [4.78, 5) is 13.9. The van der Waals surface area contributed by atoms with Crippen LogP contribution < -0.4 is 5.32 Å². The molecule has 1 fully saturated rings. The average molecular weight is 354 g/mol. The van der Waals surface area contributed by atoms with E-state index in [1.807, 2.05) is 24.3 Å². The fraction of sp³-hybridized carbons (Fsp3) is 0.409. The van der Waals surface area contributed by atoms with Crippen molar-refractivity contribution in [1.29, 1.82) is 0 Å². The van der Waals surface area contributed by atoms with E-state index in [1.165, 1.54) is 37.7 Å². The van der Waals surface area contributed by atoms with Crippen LogP contribution in [0, 0.1) is 0 Å². The molecule has 0 bridgehead atoms. The summed E-state index contributed by atoms with van der Waals surface area (Å²) in [7, 11) is 0. The number of carbonyl (C=O) groups is 1. The lowest BCUT2D eigenvalue weighted by molar-refractivity contribution is 0.0927. The van der Waals surface area contributed by atoms with Crippen molar-refractivity contribution in [3.8, 4) is 0 Å². The molecule has 1 aliphatic carbocycles. The number of benzene rings is 2. The fourth-order valence-electron chi connectivity index (χ4n) is 3.38. The average Bonchev–Trinajstić information content (AvgIpc) is 2.63. The Morgan fingerprint density at radius 2 is 1.52 bits per heavy atom. The van der Waals surface area contributed by atoms with Gasteiger partial charge in [0.1, 0.15) is 0 Å². The van der Waals surface area contributed by atoms with Crippen LogP contribution in [0.3, 0.4) is 0 Å². The van der Waals surface area contributed by atoms with E-state index >= 15 is 0 Å². The zero-order valence-electron chi connectivity index (χ0n) is 14.7. The molecule has 2 aromatic rings. The van der Waals surface area contributed by atoms with Gasteiger partial charge in [-0.05, 0) is 30.5 Å². The van der Waals surface area contributed by atoms with Crippen LogP contribution in [0.4, 0.5) is 0 Å². The quantitative estimate of drug-likeness (QED) is 0.686. The smallest absolute Gasteiger partial charge is 0.252 e. The Kier molecular flexibility index (Phi) is 6.99. The molecular weight excluding hydrogens is 326 g/mol. The summed E-state index contributed by atoms with van der Waals surface area (Å²) < 4.78 is 0. The highest BCUT2D eigenvalue weighted by molar-refractivity contribution is 7.98. The summed E-state index contributed by atoms with van der Waals surface area (Å²) in [6, 6.07) is 18.7. The van der Waals surface area contributed by atoms with E-state index in [0.717, 1.165) is 29.1 Å². The molecule has 0 spiro atoms. The molecule has 0 aromatic heterocycles. The highest BCUT2D eigenvalue weighted by Crippen LogP contribution is 2.27. The number of rotatable bonds is 5. The molecular formula is C22H27NOS. The fourth-order valence-corrected chi connectivity index (χ4v) is 4.38. The molecule has 1 amide bonds. The molecule has 2 aromatic carbocycles. The molecule has 2 nitrogen and oxygen atoms in total. The molecule has 132 valence electrons. The SMILES string of the molecule is O=C(NC1CCCCCCC1)c1ccccc1SCc1ccccc1. The van der Waals surface area contributed by atoms with Crippen molar-refractivity contribution in [3.05, 3.63) is 65.7 Å². The van der Waals surface area contributed by atoms with Gasteiger partial charge in [-0.15, -0.1) is 11.8 Å². The van der Waals surface area contributed by atoms with Gasteiger partial charge in [-0.25, -0.2) is 0 Å². The number of hydrogen-bond acceptors (Lipinski definition) is 2. The summed E-state index contributed by atoms with van der Waals surface area (Å²) in [6.07, 6.45) is 8.65. The molecule has 0 unspecified atom stereocenters. The predicted molar refractivity (Wildman–Crippen MR) is 106 cm³/mol. The van der Waals surface area contributed by atoms with Crippen molar-refractivity contribution < 1.29 is 4.79 Å². The van der Waals surface area contributed by atoms with Gasteiger partial charge < -0.3 is 5.32 Å². The first kappa shape index (κ1) is 18.1. The first-order valence-corrected chi connectivity index (χ1v) is 10.4. The van der Waals surface area contributed by atoms with Crippen molar-refractivity contribution in [2.45, 2.75) is 61.6 Å². The van der Waals surface area contributed by atoms with Crippen LogP contribution in [0.2, 0.25) is 0 Å². The summed E-state index contributed by atoms with van der Waals surface area (Å²) >= 11 is 1.74. The van der Waals surface area contributed by atoms with Gasteiger partial charge in [0.15, 0.2) is 0 Å². The molecule has 0 saturated heterocycles. The third-order valence-corrected chi connectivity index (χ3v) is 5.95. The number of amides is 1. The van der Waals surface area contributed by atoms with E-state index < -0.39 is 0 Å². The molecule has 1 N–H and O–H groups in total. The lowest BCUT2D eigenvalue weighted by atomic mass is 9.96. The lowest BCUT2D eigenvalue weighted by Gasteiger charge is -2.21.